The first kappa shape index (κ1) is 20.4. The fraction of sp³-hybridized carbons (Fsp3) is 0.458. The van der Waals surface area contributed by atoms with Gasteiger partial charge in [-0.25, -0.2) is 4.98 Å². The standard InChI is InChI=1S/C24H30N4O2/c29-23(17-19-7-9-21(10-8-19)28-15-5-6-24(28)30)26-18-20-11-12-25-22(16-20)27-13-3-1-2-4-14-27/h7-12,16H,1-6,13-15,17-18H2,(H,26,29). The third kappa shape index (κ3) is 5.17. The van der Waals surface area contributed by atoms with Crippen molar-refractivity contribution >= 4 is 23.3 Å². The lowest BCUT2D eigenvalue weighted by Gasteiger charge is -2.21. The number of nitrogens with zero attached hydrogens (tertiary/aromatic N) is 3. The van der Waals surface area contributed by atoms with Crippen molar-refractivity contribution in [1.29, 1.82) is 0 Å². The summed E-state index contributed by atoms with van der Waals surface area (Å²) in [6.45, 7) is 3.40. The van der Waals surface area contributed by atoms with Crippen LogP contribution in [-0.2, 0) is 22.6 Å². The van der Waals surface area contributed by atoms with Gasteiger partial charge in [-0.05, 0) is 54.7 Å². The second-order valence-electron chi connectivity index (χ2n) is 8.19. The highest BCUT2D eigenvalue weighted by molar-refractivity contribution is 5.95. The number of hydrogen-bond acceptors (Lipinski definition) is 4. The van der Waals surface area contributed by atoms with Crippen molar-refractivity contribution in [1.82, 2.24) is 10.3 Å². The first-order valence-electron chi connectivity index (χ1n) is 11.0. The Hall–Kier alpha value is -2.89. The van der Waals surface area contributed by atoms with E-state index in [4.69, 9.17) is 0 Å². The number of benzene rings is 1. The number of carbonyl (C=O) groups excluding carboxylic acids is 2. The van der Waals surface area contributed by atoms with E-state index in [1.54, 1.807) is 0 Å². The summed E-state index contributed by atoms with van der Waals surface area (Å²) in [4.78, 5) is 33.0. The van der Waals surface area contributed by atoms with Crippen LogP contribution in [0.5, 0.6) is 0 Å². The molecular formula is C24H30N4O2. The zero-order chi connectivity index (χ0) is 20.8. The molecule has 1 aromatic heterocycles. The molecule has 2 saturated heterocycles. The Bertz CT molecular complexity index is 873. The maximum Gasteiger partial charge on any atom is 0.227 e. The lowest BCUT2D eigenvalue weighted by Crippen LogP contribution is -2.26. The van der Waals surface area contributed by atoms with Crippen LogP contribution < -0.4 is 15.1 Å². The van der Waals surface area contributed by atoms with Crippen molar-refractivity contribution in [2.75, 3.05) is 29.4 Å². The van der Waals surface area contributed by atoms with E-state index < -0.39 is 0 Å². The molecule has 4 rings (SSSR count). The van der Waals surface area contributed by atoms with Gasteiger partial charge in [0, 0.05) is 44.5 Å². The molecule has 2 aromatic rings. The van der Waals surface area contributed by atoms with E-state index in [0.717, 1.165) is 48.7 Å². The summed E-state index contributed by atoms with van der Waals surface area (Å²) in [6.07, 6.45) is 8.72. The van der Waals surface area contributed by atoms with Crippen molar-refractivity contribution in [3.63, 3.8) is 0 Å². The molecule has 2 aliphatic heterocycles. The normalized spacial score (nSPS) is 17.1. The van der Waals surface area contributed by atoms with Crippen LogP contribution in [0.3, 0.4) is 0 Å². The molecule has 0 bridgehead atoms. The molecule has 0 unspecified atom stereocenters. The number of anilines is 2. The Morgan fingerprint density at radius 3 is 2.40 bits per heavy atom. The lowest BCUT2D eigenvalue weighted by atomic mass is 10.1. The molecule has 2 amide bonds. The van der Waals surface area contributed by atoms with Gasteiger partial charge in [-0.3, -0.25) is 9.59 Å². The third-order valence-electron chi connectivity index (χ3n) is 5.92. The maximum absolute atomic E-state index is 12.4. The average Bonchev–Trinajstić information content (AvgIpc) is 3.01. The fourth-order valence-corrected chi connectivity index (χ4v) is 4.21. The molecule has 30 heavy (non-hydrogen) atoms. The SMILES string of the molecule is O=C(Cc1ccc(N2CCCC2=O)cc1)NCc1ccnc(N2CCCCCC2)c1. The van der Waals surface area contributed by atoms with Crippen molar-refractivity contribution in [3.05, 3.63) is 53.7 Å². The Morgan fingerprint density at radius 2 is 1.70 bits per heavy atom. The van der Waals surface area contributed by atoms with Crippen LogP contribution in [0.25, 0.3) is 0 Å². The van der Waals surface area contributed by atoms with E-state index in [1.807, 2.05) is 41.4 Å². The molecular weight excluding hydrogens is 376 g/mol. The highest BCUT2D eigenvalue weighted by atomic mass is 16.2. The van der Waals surface area contributed by atoms with Crippen molar-refractivity contribution in [2.24, 2.45) is 0 Å². The summed E-state index contributed by atoms with van der Waals surface area (Å²) in [5, 5.41) is 3.02. The van der Waals surface area contributed by atoms with Crippen LogP contribution in [0, 0.1) is 0 Å². The number of pyridine rings is 1. The summed E-state index contributed by atoms with van der Waals surface area (Å²) in [7, 11) is 0. The van der Waals surface area contributed by atoms with Gasteiger partial charge in [-0.15, -0.1) is 0 Å². The number of rotatable bonds is 6. The van der Waals surface area contributed by atoms with Gasteiger partial charge >= 0.3 is 0 Å². The molecule has 0 saturated carbocycles. The summed E-state index contributed by atoms with van der Waals surface area (Å²) in [6, 6.07) is 11.8. The van der Waals surface area contributed by atoms with Crippen LogP contribution in [-0.4, -0.2) is 36.4 Å². The predicted molar refractivity (Wildman–Crippen MR) is 118 cm³/mol. The molecule has 2 fully saturated rings. The minimum Gasteiger partial charge on any atom is -0.357 e. The van der Waals surface area contributed by atoms with Gasteiger partial charge < -0.3 is 15.1 Å². The molecule has 0 atom stereocenters. The third-order valence-corrected chi connectivity index (χ3v) is 5.92. The lowest BCUT2D eigenvalue weighted by molar-refractivity contribution is -0.120. The van der Waals surface area contributed by atoms with Gasteiger partial charge in [0.1, 0.15) is 5.82 Å². The van der Waals surface area contributed by atoms with Gasteiger partial charge in [-0.1, -0.05) is 25.0 Å². The van der Waals surface area contributed by atoms with E-state index in [1.165, 1.54) is 25.7 Å². The van der Waals surface area contributed by atoms with E-state index in [-0.39, 0.29) is 11.8 Å². The average molecular weight is 407 g/mol. The Kier molecular flexibility index (Phi) is 6.62. The second kappa shape index (κ2) is 9.74. The van der Waals surface area contributed by atoms with Crippen LogP contribution in [0.15, 0.2) is 42.6 Å². The Morgan fingerprint density at radius 1 is 0.933 bits per heavy atom. The number of aromatic nitrogens is 1. The van der Waals surface area contributed by atoms with Crippen LogP contribution in [0.1, 0.15) is 49.7 Å². The van der Waals surface area contributed by atoms with Gasteiger partial charge in [-0.2, -0.15) is 0 Å². The highest BCUT2D eigenvalue weighted by Gasteiger charge is 2.21. The zero-order valence-corrected chi connectivity index (χ0v) is 17.5. The van der Waals surface area contributed by atoms with Crippen molar-refractivity contribution in [3.8, 4) is 0 Å². The zero-order valence-electron chi connectivity index (χ0n) is 17.5. The smallest absolute Gasteiger partial charge is 0.227 e. The van der Waals surface area contributed by atoms with Gasteiger partial charge in [0.15, 0.2) is 0 Å². The first-order valence-corrected chi connectivity index (χ1v) is 11.0. The Labute approximate surface area is 178 Å². The summed E-state index contributed by atoms with van der Waals surface area (Å²) in [5.41, 5.74) is 2.93. The predicted octanol–water partition coefficient (Wildman–Crippen LogP) is 3.45. The van der Waals surface area contributed by atoms with Gasteiger partial charge in [0.25, 0.3) is 0 Å². The maximum atomic E-state index is 12.4. The monoisotopic (exact) mass is 406 g/mol. The number of nitrogens with one attached hydrogen (secondary N) is 1. The van der Waals surface area contributed by atoms with Crippen molar-refractivity contribution < 1.29 is 9.59 Å². The number of amides is 2. The molecule has 0 radical (unpaired) electrons. The van der Waals surface area contributed by atoms with E-state index >= 15 is 0 Å². The molecule has 2 aliphatic rings. The molecule has 1 aromatic carbocycles. The minimum absolute atomic E-state index is 0.00636. The summed E-state index contributed by atoms with van der Waals surface area (Å²) < 4.78 is 0. The van der Waals surface area contributed by atoms with Gasteiger partial charge in [0.05, 0.1) is 6.42 Å². The van der Waals surface area contributed by atoms with Crippen molar-refractivity contribution in [2.45, 2.75) is 51.5 Å². The van der Waals surface area contributed by atoms with Crippen LogP contribution in [0.2, 0.25) is 0 Å². The van der Waals surface area contributed by atoms with E-state index in [0.29, 0.717) is 19.4 Å². The van der Waals surface area contributed by atoms with Gasteiger partial charge in [0.2, 0.25) is 11.8 Å². The number of carbonyl (C=O) groups is 2. The largest absolute Gasteiger partial charge is 0.357 e. The molecule has 158 valence electrons. The van der Waals surface area contributed by atoms with Crippen LogP contribution >= 0.6 is 0 Å². The van der Waals surface area contributed by atoms with E-state index in [9.17, 15) is 9.59 Å². The fourth-order valence-electron chi connectivity index (χ4n) is 4.21. The molecule has 3 heterocycles. The molecule has 0 aliphatic carbocycles. The molecule has 6 nitrogen and oxygen atoms in total. The topological polar surface area (TPSA) is 65.5 Å². The van der Waals surface area contributed by atoms with Crippen LogP contribution in [0.4, 0.5) is 11.5 Å². The summed E-state index contributed by atoms with van der Waals surface area (Å²) in [5.74, 6) is 1.18. The molecule has 1 N–H and O–H groups in total. The number of hydrogen-bond donors (Lipinski definition) is 1. The highest BCUT2D eigenvalue weighted by Crippen LogP contribution is 2.22. The molecule has 6 heteroatoms. The first-order chi connectivity index (χ1) is 14.7. The minimum atomic E-state index is -0.00636. The second-order valence-corrected chi connectivity index (χ2v) is 8.19. The van der Waals surface area contributed by atoms with E-state index in [2.05, 4.69) is 21.3 Å². The quantitative estimate of drug-likeness (QED) is 0.798. The summed E-state index contributed by atoms with van der Waals surface area (Å²) >= 11 is 0. The molecule has 0 spiro atoms. The Balaban J connectivity index is 1.29.